The van der Waals surface area contributed by atoms with Gasteiger partial charge in [-0.25, -0.2) is 0 Å². The fourth-order valence-electron chi connectivity index (χ4n) is 3.08. The van der Waals surface area contributed by atoms with Crippen LogP contribution < -0.4 is 15.0 Å². The zero-order valence-electron chi connectivity index (χ0n) is 14.3. The molecule has 132 valence electrons. The summed E-state index contributed by atoms with van der Waals surface area (Å²) in [5.74, 6) is 1.18. The van der Waals surface area contributed by atoms with Crippen molar-refractivity contribution in [3.63, 3.8) is 0 Å². The number of hydrogen-bond acceptors (Lipinski definition) is 4. The van der Waals surface area contributed by atoms with Crippen molar-refractivity contribution in [2.75, 3.05) is 13.3 Å². The number of nitrogens with one attached hydrogen (secondary N) is 1. The smallest absolute Gasteiger partial charge is 0.270 e. The SMILES string of the molecule is CCN(Cc1ccc2c(c1)OCO2)C(=O)c1cc2ccccc2c(=O)[nH]1. The molecule has 3 aromatic rings. The normalized spacial score (nSPS) is 12.3. The zero-order valence-corrected chi connectivity index (χ0v) is 14.3. The molecule has 2 heterocycles. The van der Waals surface area contributed by atoms with Gasteiger partial charge in [0.05, 0.1) is 0 Å². The first-order chi connectivity index (χ1) is 12.7. The van der Waals surface area contributed by atoms with E-state index in [1.807, 2.05) is 37.3 Å². The zero-order chi connectivity index (χ0) is 18.1. The number of H-pyrrole nitrogens is 1. The fraction of sp³-hybridized carbons (Fsp3) is 0.200. The Morgan fingerprint density at radius 3 is 2.77 bits per heavy atom. The predicted octanol–water partition coefficient (Wildman–Crippen LogP) is 2.92. The average molecular weight is 350 g/mol. The average Bonchev–Trinajstić information content (AvgIpc) is 3.13. The van der Waals surface area contributed by atoms with Crippen LogP contribution in [0.1, 0.15) is 23.0 Å². The van der Waals surface area contributed by atoms with E-state index in [9.17, 15) is 9.59 Å². The first-order valence-corrected chi connectivity index (χ1v) is 8.45. The Balaban J connectivity index is 1.62. The molecular weight excluding hydrogens is 332 g/mol. The molecular formula is C20H18N2O4. The van der Waals surface area contributed by atoms with Crippen LogP contribution >= 0.6 is 0 Å². The molecule has 6 heteroatoms. The number of nitrogens with zero attached hydrogens (tertiary/aromatic N) is 1. The molecule has 0 saturated heterocycles. The van der Waals surface area contributed by atoms with Gasteiger partial charge in [-0.3, -0.25) is 9.59 Å². The Morgan fingerprint density at radius 2 is 1.92 bits per heavy atom. The van der Waals surface area contributed by atoms with Gasteiger partial charge in [0.2, 0.25) is 6.79 Å². The lowest BCUT2D eigenvalue weighted by molar-refractivity contribution is 0.0746. The number of rotatable bonds is 4. The topological polar surface area (TPSA) is 71.6 Å². The highest BCUT2D eigenvalue weighted by Gasteiger charge is 2.19. The number of ether oxygens (including phenoxy) is 2. The lowest BCUT2D eigenvalue weighted by atomic mass is 10.1. The van der Waals surface area contributed by atoms with Crippen LogP contribution in [0.25, 0.3) is 10.8 Å². The standard InChI is InChI=1S/C20H18N2O4/c1-2-22(11-13-7-8-17-18(9-13)26-12-25-17)20(24)16-10-14-5-3-4-6-15(14)19(23)21-16/h3-10H,2,11-12H2,1H3,(H,21,23). The van der Waals surface area contributed by atoms with Crippen LogP contribution in [-0.2, 0) is 6.54 Å². The third kappa shape index (κ3) is 2.90. The van der Waals surface area contributed by atoms with Crippen molar-refractivity contribution >= 4 is 16.7 Å². The van der Waals surface area contributed by atoms with Gasteiger partial charge in [0.15, 0.2) is 11.5 Å². The van der Waals surface area contributed by atoms with Gasteiger partial charge in [0, 0.05) is 18.5 Å². The summed E-state index contributed by atoms with van der Waals surface area (Å²) in [6.07, 6.45) is 0. The van der Waals surface area contributed by atoms with Crippen molar-refractivity contribution in [1.82, 2.24) is 9.88 Å². The quantitative estimate of drug-likeness (QED) is 0.785. The summed E-state index contributed by atoms with van der Waals surface area (Å²) in [6, 6.07) is 14.6. The maximum atomic E-state index is 12.9. The van der Waals surface area contributed by atoms with Gasteiger partial charge in [0.1, 0.15) is 5.69 Å². The second-order valence-electron chi connectivity index (χ2n) is 6.11. The highest BCUT2D eigenvalue weighted by Crippen LogP contribution is 2.32. The second-order valence-corrected chi connectivity index (χ2v) is 6.11. The van der Waals surface area contributed by atoms with E-state index in [-0.39, 0.29) is 24.0 Å². The molecule has 1 aliphatic heterocycles. The number of hydrogen-bond donors (Lipinski definition) is 1. The summed E-state index contributed by atoms with van der Waals surface area (Å²) < 4.78 is 10.7. The number of carbonyl (C=O) groups excluding carboxylic acids is 1. The first-order valence-electron chi connectivity index (χ1n) is 8.45. The third-order valence-electron chi connectivity index (χ3n) is 4.46. The summed E-state index contributed by atoms with van der Waals surface area (Å²) >= 11 is 0. The van der Waals surface area contributed by atoms with E-state index in [1.165, 1.54) is 0 Å². The number of amides is 1. The van der Waals surface area contributed by atoms with Gasteiger partial charge in [0.25, 0.3) is 11.5 Å². The van der Waals surface area contributed by atoms with Crippen LogP contribution in [-0.4, -0.2) is 29.1 Å². The highest BCUT2D eigenvalue weighted by atomic mass is 16.7. The summed E-state index contributed by atoms with van der Waals surface area (Å²) in [4.78, 5) is 29.5. The largest absolute Gasteiger partial charge is 0.454 e. The van der Waals surface area contributed by atoms with Crippen LogP contribution in [0.3, 0.4) is 0 Å². The van der Waals surface area contributed by atoms with Crippen molar-refractivity contribution in [1.29, 1.82) is 0 Å². The fourth-order valence-corrected chi connectivity index (χ4v) is 3.08. The number of fused-ring (bicyclic) bond motifs is 2. The van der Waals surface area contributed by atoms with E-state index in [2.05, 4.69) is 4.98 Å². The van der Waals surface area contributed by atoms with Gasteiger partial charge < -0.3 is 19.4 Å². The van der Waals surface area contributed by atoms with Crippen molar-refractivity contribution < 1.29 is 14.3 Å². The van der Waals surface area contributed by atoms with Gasteiger partial charge in [-0.1, -0.05) is 24.3 Å². The van der Waals surface area contributed by atoms with Gasteiger partial charge in [-0.05, 0) is 42.1 Å². The Bertz CT molecular complexity index is 1040. The Morgan fingerprint density at radius 1 is 1.12 bits per heavy atom. The summed E-state index contributed by atoms with van der Waals surface area (Å²) in [7, 11) is 0. The molecule has 0 fully saturated rings. The number of aromatic nitrogens is 1. The number of aromatic amines is 1. The van der Waals surface area contributed by atoms with E-state index < -0.39 is 0 Å². The van der Waals surface area contributed by atoms with E-state index in [4.69, 9.17) is 9.47 Å². The molecule has 1 aromatic heterocycles. The molecule has 0 atom stereocenters. The van der Waals surface area contributed by atoms with Crippen molar-refractivity contribution in [2.24, 2.45) is 0 Å². The van der Waals surface area contributed by atoms with E-state index in [0.29, 0.717) is 30.0 Å². The van der Waals surface area contributed by atoms with Crippen LogP contribution in [0.5, 0.6) is 11.5 Å². The minimum absolute atomic E-state index is 0.215. The number of pyridine rings is 1. The second kappa shape index (κ2) is 6.55. The summed E-state index contributed by atoms with van der Waals surface area (Å²) in [5, 5.41) is 1.32. The Kier molecular flexibility index (Phi) is 4.08. The van der Waals surface area contributed by atoms with Crippen LogP contribution in [0.15, 0.2) is 53.3 Å². The number of carbonyl (C=O) groups is 1. The molecule has 0 unspecified atom stereocenters. The van der Waals surface area contributed by atoms with Gasteiger partial charge in [-0.15, -0.1) is 0 Å². The maximum absolute atomic E-state index is 12.9. The summed E-state index contributed by atoms with van der Waals surface area (Å²) in [5.41, 5.74) is 0.967. The van der Waals surface area contributed by atoms with Crippen LogP contribution in [0.2, 0.25) is 0 Å². The minimum atomic E-state index is -0.259. The molecule has 0 bridgehead atoms. The molecule has 6 nitrogen and oxygen atoms in total. The summed E-state index contributed by atoms with van der Waals surface area (Å²) in [6.45, 7) is 3.06. The molecule has 2 aromatic carbocycles. The van der Waals surface area contributed by atoms with Gasteiger partial charge in [-0.2, -0.15) is 0 Å². The molecule has 26 heavy (non-hydrogen) atoms. The first kappa shape index (κ1) is 16.2. The van der Waals surface area contributed by atoms with Crippen LogP contribution in [0, 0.1) is 0 Å². The Hall–Kier alpha value is -3.28. The monoisotopic (exact) mass is 350 g/mol. The van der Waals surface area contributed by atoms with E-state index in [1.54, 1.807) is 23.1 Å². The molecule has 0 radical (unpaired) electrons. The molecule has 0 aliphatic carbocycles. The highest BCUT2D eigenvalue weighted by molar-refractivity contribution is 5.96. The molecule has 1 N–H and O–H groups in total. The van der Waals surface area contributed by atoms with E-state index in [0.717, 1.165) is 10.9 Å². The van der Waals surface area contributed by atoms with E-state index >= 15 is 0 Å². The molecule has 1 amide bonds. The minimum Gasteiger partial charge on any atom is -0.454 e. The lowest BCUT2D eigenvalue weighted by Gasteiger charge is -2.21. The molecule has 0 saturated carbocycles. The number of benzene rings is 2. The van der Waals surface area contributed by atoms with Crippen LogP contribution in [0.4, 0.5) is 0 Å². The third-order valence-corrected chi connectivity index (χ3v) is 4.46. The van der Waals surface area contributed by atoms with Crippen molar-refractivity contribution in [3.05, 3.63) is 70.1 Å². The van der Waals surface area contributed by atoms with Gasteiger partial charge >= 0.3 is 0 Å². The lowest BCUT2D eigenvalue weighted by Crippen LogP contribution is -2.32. The molecule has 4 rings (SSSR count). The van der Waals surface area contributed by atoms with Crippen molar-refractivity contribution in [2.45, 2.75) is 13.5 Å². The maximum Gasteiger partial charge on any atom is 0.270 e. The predicted molar refractivity (Wildman–Crippen MR) is 97.5 cm³/mol. The van der Waals surface area contributed by atoms with Crippen molar-refractivity contribution in [3.8, 4) is 11.5 Å². The molecule has 1 aliphatic rings. The Labute approximate surface area is 150 Å². The molecule has 0 spiro atoms.